The van der Waals surface area contributed by atoms with Crippen molar-refractivity contribution in [2.24, 2.45) is 39.9 Å². The highest BCUT2D eigenvalue weighted by Gasteiger charge is 2.65. The van der Waals surface area contributed by atoms with Gasteiger partial charge in [0, 0.05) is 5.41 Å². The zero-order chi connectivity index (χ0) is 17.4. The molecular weight excluding hydrogens is 292 g/mol. The third-order valence-electron chi connectivity index (χ3n) is 9.74. The molecule has 0 unspecified atom stereocenters. The summed E-state index contributed by atoms with van der Waals surface area (Å²) in [4.78, 5) is 0. The highest BCUT2D eigenvalue weighted by molar-refractivity contribution is 5.23. The van der Waals surface area contributed by atoms with Gasteiger partial charge in [-0.1, -0.05) is 40.0 Å². The minimum Gasteiger partial charge on any atom is -0.377 e. The maximum Gasteiger partial charge on any atom is 0.130 e. The minimum absolute atomic E-state index is 0.0453. The van der Waals surface area contributed by atoms with E-state index in [1.165, 1.54) is 38.5 Å². The zero-order valence-electron chi connectivity index (χ0n) is 16.2. The van der Waals surface area contributed by atoms with Crippen molar-refractivity contribution in [2.75, 3.05) is 0 Å². The number of rotatable bonds is 0. The molecule has 1 nitrogen and oxygen atoms in total. The quantitative estimate of drug-likeness (QED) is 0.589. The second-order valence-corrected chi connectivity index (χ2v) is 10.9. The number of aliphatic hydroxyl groups is 1. The lowest BCUT2D eigenvalue weighted by Crippen LogP contribution is -2.58. The van der Waals surface area contributed by atoms with Gasteiger partial charge in [-0.3, -0.25) is 0 Å². The molecule has 4 saturated carbocycles. The molecule has 4 aliphatic carbocycles. The smallest absolute Gasteiger partial charge is 0.130 e. The van der Waals surface area contributed by atoms with Crippen molar-refractivity contribution >= 4 is 0 Å². The summed E-state index contributed by atoms with van der Waals surface area (Å²) < 4.78 is 0. The fourth-order valence-electron chi connectivity index (χ4n) is 8.45. The number of terminal acetylenes is 1. The molecule has 1 heteroatoms. The van der Waals surface area contributed by atoms with E-state index in [1.54, 1.807) is 0 Å². The standard InChI is InChI=1S/C23H36O/c1-6-23(24)15-11-18-16-8-9-19-20(2,3)12-7-13-21(19,4)17(16)10-14-22(18,23)5/h1,16-19,24H,7-15H2,2-5H3/t16-,17+,18+,19+,21-,22+,23+/m1/s1. The van der Waals surface area contributed by atoms with Gasteiger partial charge in [0.05, 0.1) is 0 Å². The predicted molar refractivity (Wildman–Crippen MR) is 99.3 cm³/mol. The molecule has 134 valence electrons. The average Bonchev–Trinajstić information content (AvgIpc) is 2.79. The predicted octanol–water partition coefficient (Wildman–Crippen LogP) is 5.42. The van der Waals surface area contributed by atoms with Crippen molar-refractivity contribution in [3.05, 3.63) is 0 Å². The second kappa shape index (κ2) is 5.03. The maximum atomic E-state index is 11.1. The summed E-state index contributed by atoms with van der Waals surface area (Å²) in [5.74, 6) is 5.98. The van der Waals surface area contributed by atoms with Crippen LogP contribution in [0.15, 0.2) is 0 Å². The van der Waals surface area contributed by atoms with Crippen molar-refractivity contribution in [1.29, 1.82) is 0 Å². The van der Waals surface area contributed by atoms with E-state index in [0.717, 1.165) is 37.0 Å². The molecule has 0 aliphatic heterocycles. The van der Waals surface area contributed by atoms with E-state index in [9.17, 15) is 5.11 Å². The normalized spacial score (nSPS) is 55.8. The van der Waals surface area contributed by atoms with Crippen LogP contribution in [0.1, 0.15) is 85.5 Å². The Balaban J connectivity index is 1.68. The second-order valence-electron chi connectivity index (χ2n) is 10.9. The van der Waals surface area contributed by atoms with Crippen LogP contribution in [0.5, 0.6) is 0 Å². The molecule has 4 aliphatic rings. The van der Waals surface area contributed by atoms with Crippen LogP contribution in [0, 0.1) is 52.3 Å². The first-order valence-electron chi connectivity index (χ1n) is 10.4. The molecule has 1 N–H and O–H groups in total. The molecule has 0 radical (unpaired) electrons. The largest absolute Gasteiger partial charge is 0.377 e. The monoisotopic (exact) mass is 328 g/mol. The van der Waals surface area contributed by atoms with Gasteiger partial charge in [-0.05, 0) is 85.9 Å². The summed E-state index contributed by atoms with van der Waals surface area (Å²) in [5, 5.41) is 11.1. The first-order chi connectivity index (χ1) is 11.2. The van der Waals surface area contributed by atoms with Crippen LogP contribution < -0.4 is 0 Å². The first kappa shape index (κ1) is 17.0. The molecule has 0 amide bonds. The Morgan fingerprint density at radius 1 is 0.875 bits per heavy atom. The Morgan fingerprint density at radius 2 is 1.58 bits per heavy atom. The highest BCUT2D eigenvalue weighted by atomic mass is 16.3. The fourth-order valence-corrected chi connectivity index (χ4v) is 8.45. The molecule has 4 rings (SSSR count). The Labute approximate surface area is 149 Å². The zero-order valence-corrected chi connectivity index (χ0v) is 16.2. The van der Waals surface area contributed by atoms with Gasteiger partial charge in [-0.25, -0.2) is 0 Å². The average molecular weight is 329 g/mol. The van der Waals surface area contributed by atoms with Gasteiger partial charge < -0.3 is 5.11 Å². The Hall–Kier alpha value is -0.480. The van der Waals surface area contributed by atoms with Crippen LogP contribution in [0.4, 0.5) is 0 Å². The summed E-state index contributed by atoms with van der Waals surface area (Å²) in [5.41, 5.74) is 0.124. The van der Waals surface area contributed by atoms with E-state index in [1.807, 2.05) is 0 Å². The van der Waals surface area contributed by atoms with E-state index < -0.39 is 5.60 Å². The molecule has 4 fully saturated rings. The molecule has 0 aromatic rings. The minimum atomic E-state index is -0.855. The number of hydrogen-bond donors (Lipinski definition) is 1. The van der Waals surface area contributed by atoms with Crippen molar-refractivity contribution < 1.29 is 5.11 Å². The molecule has 0 aromatic carbocycles. The highest BCUT2D eigenvalue weighted by Crippen LogP contribution is 2.70. The van der Waals surface area contributed by atoms with Gasteiger partial charge >= 0.3 is 0 Å². The van der Waals surface area contributed by atoms with Gasteiger partial charge in [0.25, 0.3) is 0 Å². The third kappa shape index (κ3) is 1.93. The summed E-state index contributed by atoms with van der Waals surface area (Å²) in [6.45, 7) is 9.98. The van der Waals surface area contributed by atoms with Crippen LogP contribution in [0.2, 0.25) is 0 Å². The lowest BCUT2D eigenvalue weighted by molar-refractivity contribution is -0.159. The van der Waals surface area contributed by atoms with Crippen LogP contribution in [-0.4, -0.2) is 10.7 Å². The summed E-state index contributed by atoms with van der Waals surface area (Å²) >= 11 is 0. The van der Waals surface area contributed by atoms with Gasteiger partial charge in [0.2, 0.25) is 0 Å². The third-order valence-corrected chi connectivity index (χ3v) is 9.74. The maximum absolute atomic E-state index is 11.1. The van der Waals surface area contributed by atoms with Gasteiger partial charge in [0.15, 0.2) is 0 Å². The molecule has 0 spiro atoms. The van der Waals surface area contributed by atoms with E-state index in [2.05, 4.69) is 33.6 Å². The molecule has 0 aromatic heterocycles. The van der Waals surface area contributed by atoms with Gasteiger partial charge in [0.1, 0.15) is 5.60 Å². The SMILES string of the molecule is C#C[C@]1(O)CC[C@H]2[C@@H]3CC[C@H]4C(C)(C)CCC[C@]4(C)[C@H]3CC[C@@]21C. The molecule has 0 saturated heterocycles. The fraction of sp³-hybridized carbons (Fsp3) is 0.913. The summed E-state index contributed by atoms with van der Waals surface area (Å²) in [7, 11) is 0. The number of hydrogen-bond acceptors (Lipinski definition) is 1. The van der Waals surface area contributed by atoms with Crippen LogP contribution in [0.25, 0.3) is 0 Å². The number of fused-ring (bicyclic) bond motifs is 5. The lowest BCUT2D eigenvalue weighted by atomic mass is 9.41. The summed E-state index contributed by atoms with van der Waals surface area (Å²) in [6, 6.07) is 0. The summed E-state index contributed by atoms with van der Waals surface area (Å²) in [6.07, 6.45) is 17.2. The van der Waals surface area contributed by atoms with Gasteiger partial charge in [-0.2, -0.15) is 0 Å². The van der Waals surface area contributed by atoms with E-state index >= 15 is 0 Å². The van der Waals surface area contributed by atoms with Crippen LogP contribution in [-0.2, 0) is 0 Å². The first-order valence-corrected chi connectivity index (χ1v) is 10.4. The van der Waals surface area contributed by atoms with Crippen LogP contribution in [0.3, 0.4) is 0 Å². The Morgan fingerprint density at radius 3 is 2.29 bits per heavy atom. The molecule has 0 bridgehead atoms. The lowest BCUT2D eigenvalue weighted by Gasteiger charge is -2.64. The van der Waals surface area contributed by atoms with Crippen molar-refractivity contribution in [3.8, 4) is 12.3 Å². The molecule has 7 atom stereocenters. The molecule has 0 heterocycles. The molecular formula is C23H36O. The van der Waals surface area contributed by atoms with Crippen molar-refractivity contribution in [2.45, 2.75) is 91.1 Å². The van der Waals surface area contributed by atoms with E-state index in [0.29, 0.717) is 16.7 Å². The van der Waals surface area contributed by atoms with Crippen molar-refractivity contribution in [1.82, 2.24) is 0 Å². The topological polar surface area (TPSA) is 20.2 Å². The van der Waals surface area contributed by atoms with E-state index in [-0.39, 0.29) is 5.41 Å². The Bertz CT molecular complexity index is 571. The molecule has 24 heavy (non-hydrogen) atoms. The van der Waals surface area contributed by atoms with Gasteiger partial charge in [-0.15, -0.1) is 6.42 Å². The van der Waals surface area contributed by atoms with Crippen LogP contribution >= 0.6 is 0 Å². The van der Waals surface area contributed by atoms with Crippen molar-refractivity contribution in [3.63, 3.8) is 0 Å². The van der Waals surface area contributed by atoms with E-state index in [4.69, 9.17) is 6.42 Å². The Kier molecular flexibility index (Phi) is 3.56.